The van der Waals surface area contributed by atoms with Crippen LogP contribution in [0.25, 0.3) is 15.9 Å². The van der Waals surface area contributed by atoms with Crippen LogP contribution in [-0.2, 0) is 0 Å². The van der Waals surface area contributed by atoms with Crippen molar-refractivity contribution in [3.63, 3.8) is 0 Å². The second kappa shape index (κ2) is 5.95. The molecule has 0 radical (unpaired) electrons. The Balaban J connectivity index is 1.77. The van der Waals surface area contributed by atoms with Gasteiger partial charge >= 0.3 is 0 Å². The number of carbonyl (C=O) groups is 1. The van der Waals surface area contributed by atoms with Gasteiger partial charge in [-0.1, -0.05) is 12.1 Å². The standard InChI is InChI=1S/C18H13N5OS/c19-15(11-3-5-12(6-4-11)23-7-1-2-8-23)16-14-9-13(10-24)25-17(14)22-18(20)21-16/h1-10,19H,(H2,20,21,22). The molecule has 4 aromatic rings. The van der Waals surface area contributed by atoms with Crippen molar-refractivity contribution in [3.05, 3.63) is 71.0 Å². The van der Waals surface area contributed by atoms with E-state index >= 15 is 0 Å². The molecule has 0 aliphatic rings. The number of nitrogen functional groups attached to an aromatic ring is 1. The Morgan fingerprint density at radius 1 is 1.16 bits per heavy atom. The molecule has 3 aromatic heterocycles. The summed E-state index contributed by atoms with van der Waals surface area (Å²) in [5.74, 6) is 0.0931. The van der Waals surface area contributed by atoms with Gasteiger partial charge in [0.25, 0.3) is 0 Å². The zero-order valence-electron chi connectivity index (χ0n) is 13.0. The lowest BCUT2D eigenvalue weighted by molar-refractivity contribution is 0.112. The van der Waals surface area contributed by atoms with Crippen LogP contribution >= 0.6 is 11.3 Å². The van der Waals surface area contributed by atoms with Gasteiger partial charge in [0.1, 0.15) is 10.5 Å². The van der Waals surface area contributed by atoms with Crippen LogP contribution in [0.2, 0.25) is 0 Å². The van der Waals surface area contributed by atoms with Crippen LogP contribution in [0.3, 0.4) is 0 Å². The van der Waals surface area contributed by atoms with Crippen molar-refractivity contribution in [2.75, 3.05) is 5.73 Å². The maximum Gasteiger partial charge on any atom is 0.222 e. The first-order valence-electron chi connectivity index (χ1n) is 7.50. The Morgan fingerprint density at radius 3 is 2.56 bits per heavy atom. The maximum atomic E-state index is 11.0. The Labute approximate surface area is 147 Å². The molecule has 3 N–H and O–H groups in total. The van der Waals surface area contributed by atoms with Gasteiger partial charge in [0.15, 0.2) is 6.29 Å². The summed E-state index contributed by atoms with van der Waals surface area (Å²) in [4.78, 5) is 20.6. The molecule has 0 saturated carbocycles. The van der Waals surface area contributed by atoms with E-state index in [1.807, 2.05) is 53.4 Å². The Bertz CT molecular complexity index is 1080. The minimum absolute atomic E-state index is 0.0931. The first kappa shape index (κ1) is 15.2. The van der Waals surface area contributed by atoms with Crippen molar-refractivity contribution in [2.24, 2.45) is 0 Å². The molecular weight excluding hydrogens is 334 g/mol. The highest BCUT2D eigenvalue weighted by molar-refractivity contribution is 7.20. The van der Waals surface area contributed by atoms with E-state index < -0.39 is 0 Å². The van der Waals surface area contributed by atoms with Crippen molar-refractivity contribution in [3.8, 4) is 5.69 Å². The zero-order chi connectivity index (χ0) is 17.4. The van der Waals surface area contributed by atoms with E-state index in [2.05, 4.69) is 9.97 Å². The average Bonchev–Trinajstić information content (AvgIpc) is 3.30. The third-order valence-corrected chi connectivity index (χ3v) is 4.79. The summed E-state index contributed by atoms with van der Waals surface area (Å²) in [5, 5.41) is 9.19. The molecule has 25 heavy (non-hydrogen) atoms. The van der Waals surface area contributed by atoms with Crippen molar-refractivity contribution < 1.29 is 4.79 Å². The molecule has 0 spiro atoms. The number of carbonyl (C=O) groups excluding carboxylic acids is 1. The van der Waals surface area contributed by atoms with E-state index in [0.29, 0.717) is 26.4 Å². The molecule has 0 saturated heterocycles. The van der Waals surface area contributed by atoms with Gasteiger partial charge in [-0.3, -0.25) is 10.2 Å². The zero-order valence-corrected chi connectivity index (χ0v) is 13.8. The molecule has 6 nitrogen and oxygen atoms in total. The van der Waals surface area contributed by atoms with Crippen LogP contribution < -0.4 is 5.73 Å². The molecule has 3 heterocycles. The molecule has 0 bridgehead atoms. The summed E-state index contributed by atoms with van der Waals surface area (Å²) >= 11 is 1.24. The number of anilines is 1. The molecule has 0 amide bonds. The third kappa shape index (κ3) is 2.70. The number of nitrogens with one attached hydrogen (secondary N) is 1. The molecule has 7 heteroatoms. The highest BCUT2D eigenvalue weighted by Crippen LogP contribution is 2.27. The van der Waals surface area contributed by atoms with Crippen molar-refractivity contribution in [1.82, 2.24) is 14.5 Å². The number of fused-ring (bicyclic) bond motifs is 1. The van der Waals surface area contributed by atoms with Crippen LogP contribution in [0.4, 0.5) is 5.95 Å². The molecule has 1 aromatic carbocycles. The van der Waals surface area contributed by atoms with E-state index in [-0.39, 0.29) is 11.7 Å². The van der Waals surface area contributed by atoms with Gasteiger partial charge < -0.3 is 10.3 Å². The van der Waals surface area contributed by atoms with E-state index in [1.54, 1.807) is 6.07 Å². The summed E-state index contributed by atoms with van der Waals surface area (Å²) in [6.07, 6.45) is 4.68. The number of nitrogens with two attached hydrogens (primary N) is 1. The molecule has 0 aliphatic carbocycles. The predicted octanol–water partition coefficient (Wildman–Crippen LogP) is 3.29. The first-order chi connectivity index (χ1) is 12.2. The molecule has 122 valence electrons. The minimum atomic E-state index is 0.0931. The number of benzene rings is 1. The normalized spacial score (nSPS) is 10.9. The number of thiophene rings is 1. The van der Waals surface area contributed by atoms with Crippen molar-refractivity contribution in [2.45, 2.75) is 0 Å². The molecule has 0 atom stereocenters. The molecule has 4 rings (SSSR count). The number of hydrogen-bond acceptors (Lipinski definition) is 6. The van der Waals surface area contributed by atoms with Crippen LogP contribution in [-0.4, -0.2) is 26.5 Å². The second-order valence-electron chi connectivity index (χ2n) is 5.43. The van der Waals surface area contributed by atoms with E-state index in [1.165, 1.54) is 11.3 Å². The largest absolute Gasteiger partial charge is 0.368 e. The summed E-state index contributed by atoms with van der Waals surface area (Å²) in [6.45, 7) is 0. The lowest BCUT2D eigenvalue weighted by Crippen LogP contribution is -2.08. The average molecular weight is 347 g/mol. The SMILES string of the molecule is N=C(c1ccc(-n2cccc2)cc1)c1nc(N)nc2sc(C=O)cc12. The third-order valence-electron chi connectivity index (χ3n) is 3.84. The molecule has 0 unspecified atom stereocenters. The van der Waals surface area contributed by atoms with Gasteiger partial charge in [0, 0.05) is 29.0 Å². The highest BCUT2D eigenvalue weighted by atomic mass is 32.1. The van der Waals surface area contributed by atoms with Crippen molar-refractivity contribution >= 4 is 39.5 Å². The summed E-state index contributed by atoms with van der Waals surface area (Å²) in [5.41, 5.74) is 8.17. The van der Waals surface area contributed by atoms with Crippen LogP contribution in [0, 0.1) is 5.41 Å². The fourth-order valence-electron chi connectivity index (χ4n) is 2.65. The summed E-state index contributed by atoms with van der Waals surface area (Å²) < 4.78 is 1.99. The fourth-order valence-corrected chi connectivity index (χ4v) is 3.50. The van der Waals surface area contributed by atoms with E-state index in [0.717, 1.165) is 12.0 Å². The van der Waals surface area contributed by atoms with Crippen LogP contribution in [0.1, 0.15) is 20.9 Å². The minimum Gasteiger partial charge on any atom is -0.368 e. The first-order valence-corrected chi connectivity index (χ1v) is 8.32. The number of aldehydes is 1. The lowest BCUT2D eigenvalue weighted by Gasteiger charge is -2.08. The quantitative estimate of drug-likeness (QED) is 0.437. The Kier molecular flexibility index (Phi) is 3.62. The number of nitrogens with zero attached hydrogens (tertiary/aromatic N) is 3. The smallest absolute Gasteiger partial charge is 0.222 e. The van der Waals surface area contributed by atoms with Gasteiger partial charge in [0.2, 0.25) is 5.95 Å². The molecule has 0 aliphatic heterocycles. The van der Waals surface area contributed by atoms with Gasteiger partial charge in [-0.25, -0.2) is 9.97 Å². The lowest BCUT2D eigenvalue weighted by atomic mass is 10.0. The Hall–Kier alpha value is -3.32. The Morgan fingerprint density at radius 2 is 1.88 bits per heavy atom. The van der Waals surface area contributed by atoms with E-state index in [9.17, 15) is 4.79 Å². The topological polar surface area (TPSA) is 97.7 Å². The second-order valence-corrected chi connectivity index (χ2v) is 6.49. The highest BCUT2D eigenvalue weighted by Gasteiger charge is 2.15. The van der Waals surface area contributed by atoms with Crippen LogP contribution in [0.15, 0.2) is 54.9 Å². The number of aromatic nitrogens is 3. The van der Waals surface area contributed by atoms with Gasteiger partial charge in [-0.2, -0.15) is 0 Å². The summed E-state index contributed by atoms with van der Waals surface area (Å²) in [7, 11) is 0. The van der Waals surface area contributed by atoms with Crippen molar-refractivity contribution in [1.29, 1.82) is 5.41 Å². The number of rotatable bonds is 4. The van der Waals surface area contributed by atoms with Gasteiger partial charge in [-0.15, -0.1) is 11.3 Å². The molecular formula is C18H13N5OS. The maximum absolute atomic E-state index is 11.0. The van der Waals surface area contributed by atoms with Crippen LogP contribution in [0.5, 0.6) is 0 Å². The summed E-state index contributed by atoms with van der Waals surface area (Å²) in [6, 6.07) is 13.2. The monoisotopic (exact) mass is 347 g/mol. The fraction of sp³-hybridized carbons (Fsp3) is 0. The number of hydrogen-bond donors (Lipinski definition) is 2. The van der Waals surface area contributed by atoms with E-state index in [4.69, 9.17) is 11.1 Å². The van der Waals surface area contributed by atoms with Gasteiger partial charge in [-0.05, 0) is 30.3 Å². The predicted molar refractivity (Wildman–Crippen MR) is 98.9 cm³/mol. The van der Waals surface area contributed by atoms with Gasteiger partial charge in [0.05, 0.1) is 10.6 Å². The molecule has 0 fully saturated rings.